The fourth-order valence-corrected chi connectivity index (χ4v) is 4.53. The van der Waals surface area contributed by atoms with Gasteiger partial charge in [0.1, 0.15) is 11.5 Å². The minimum absolute atomic E-state index is 0.0282. The van der Waals surface area contributed by atoms with Crippen LogP contribution in [0.2, 0.25) is 0 Å². The van der Waals surface area contributed by atoms with Crippen molar-refractivity contribution in [2.45, 2.75) is 31.7 Å². The van der Waals surface area contributed by atoms with Gasteiger partial charge in [0.05, 0.1) is 11.9 Å². The third-order valence-corrected chi connectivity index (χ3v) is 6.26. The molecule has 1 aliphatic heterocycles. The van der Waals surface area contributed by atoms with Crippen molar-refractivity contribution in [3.05, 3.63) is 47.0 Å². The number of piperazine rings is 1. The topological polar surface area (TPSA) is 116 Å². The monoisotopic (exact) mass is 435 g/mol. The van der Waals surface area contributed by atoms with Gasteiger partial charge in [0.25, 0.3) is 5.56 Å². The van der Waals surface area contributed by atoms with Crippen LogP contribution in [-0.2, 0) is 0 Å². The Labute approximate surface area is 184 Å². The number of carboxylic acid groups (broad SMARTS) is 1. The summed E-state index contributed by atoms with van der Waals surface area (Å²) in [6, 6.07) is 7.34. The highest BCUT2D eigenvalue weighted by molar-refractivity contribution is 5.75. The summed E-state index contributed by atoms with van der Waals surface area (Å²) in [6.07, 6.45) is 6.86. The molecule has 2 aliphatic rings. The average molecular weight is 435 g/mol. The Morgan fingerprint density at radius 3 is 2.47 bits per heavy atom. The molecule has 10 nitrogen and oxygen atoms in total. The van der Waals surface area contributed by atoms with Crippen molar-refractivity contribution < 1.29 is 9.90 Å². The summed E-state index contributed by atoms with van der Waals surface area (Å²) in [4.78, 5) is 40.7. The van der Waals surface area contributed by atoms with E-state index in [9.17, 15) is 9.59 Å². The summed E-state index contributed by atoms with van der Waals surface area (Å²) < 4.78 is 1.81. The summed E-state index contributed by atoms with van der Waals surface area (Å²) >= 11 is 0. The van der Waals surface area contributed by atoms with Gasteiger partial charge in [-0.1, -0.05) is 12.8 Å². The molecule has 1 aliphatic carbocycles. The van der Waals surface area contributed by atoms with Crippen LogP contribution in [0, 0.1) is 0 Å². The molecule has 1 amide bonds. The predicted molar refractivity (Wildman–Crippen MR) is 121 cm³/mol. The molecule has 5 rings (SSSR count). The van der Waals surface area contributed by atoms with E-state index in [-0.39, 0.29) is 11.6 Å². The normalized spacial score (nSPS) is 17.1. The summed E-state index contributed by atoms with van der Waals surface area (Å²) in [5.74, 6) is 0.994. The fraction of sp³-hybridized carbons (Fsp3) is 0.409. The molecule has 0 radical (unpaired) electrons. The Morgan fingerprint density at radius 2 is 1.78 bits per heavy atom. The van der Waals surface area contributed by atoms with Crippen molar-refractivity contribution in [1.82, 2.24) is 24.4 Å². The van der Waals surface area contributed by atoms with Crippen LogP contribution >= 0.6 is 0 Å². The number of anilines is 3. The van der Waals surface area contributed by atoms with Crippen molar-refractivity contribution in [3.8, 4) is 0 Å². The Balaban J connectivity index is 1.34. The zero-order chi connectivity index (χ0) is 22.1. The SMILES string of the molecule is O=C(O)N1CCN(c2ccc(Nc3ncc4ccc(=O)n(C5CCCC5)c4n3)nc2)CC1. The van der Waals surface area contributed by atoms with Gasteiger partial charge in [-0.3, -0.25) is 9.36 Å². The van der Waals surface area contributed by atoms with Crippen LogP contribution in [-0.4, -0.2) is 61.8 Å². The summed E-state index contributed by atoms with van der Waals surface area (Å²) in [5.41, 5.74) is 1.56. The van der Waals surface area contributed by atoms with Crippen LogP contribution in [0.1, 0.15) is 31.7 Å². The number of hydrogen-bond donors (Lipinski definition) is 2. The first-order chi connectivity index (χ1) is 15.6. The number of nitrogens with zero attached hydrogens (tertiary/aromatic N) is 6. The standard InChI is InChI=1S/C22H25N7O3/c30-19-8-5-15-13-24-21(26-20(15)29(19)16-3-1-2-4-16)25-18-7-6-17(14-23-18)27-9-11-28(12-10-27)22(31)32/h5-8,13-14,16H,1-4,9-12H2,(H,31,32)(H,23,24,25,26). The van der Waals surface area contributed by atoms with Gasteiger partial charge in [-0.25, -0.2) is 14.8 Å². The third kappa shape index (κ3) is 3.95. The molecule has 0 aromatic carbocycles. The smallest absolute Gasteiger partial charge is 0.407 e. The quantitative estimate of drug-likeness (QED) is 0.643. The van der Waals surface area contributed by atoms with Gasteiger partial charge >= 0.3 is 6.09 Å². The summed E-state index contributed by atoms with van der Waals surface area (Å²) in [5, 5.41) is 13.1. The first kappa shape index (κ1) is 20.2. The van der Waals surface area contributed by atoms with E-state index in [1.165, 1.54) is 4.90 Å². The van der Waals surface area contributed by atoms with Crippen LogP contribution in [0.4, 0.5) is 22.2 Å². The lowest BCUT2D eigenvalue weighted by Gasteiger charge is -2.34. The lowest BCUT2D eigenvalue weighted by Crippen LogP contribution is -2.48. The second-order valence-corrected chi connectivity index (χ2v) is 8.24. The molecule has 1 saturated heterocycles. The maximum absolute atomic E-state index is 12.6. The number of nitrogens with one attached hydrogen (secondary N) is 1. The number of hydrogen-bond acceptors (Lipinski definition) is 7. The first-order valence-electron chi connectivity index (χ1n) is 10.9. The molecular weight excluding hydrogens is 410 g/mol. The highest BCUT2D eigenvalue weighted by atomic mass is 16.4. The highest BCUT2D eigenvalue weighted by Crippen LogP contribution is 2.30. The van der Waals surface area contributed by atoms with Crippen molar-refractivity contribution in [2.24, 2.45) is 0 Å². The van der Waals surface area contributed by atoms with Crippen molar-refractivity contribution >= 4 is 34.6 Å². The van der Waals surface area contributed by atoms with Gasteiger partial charge in [0.2, 0.25) is 5.95 Å². The van der Waals surface area contributed by atoms with E-state index in [1.807, 2.05) is 16.7 Å². The Bertz CT molecular complexity index is 1180. The largest absolute Gasteiger partial charge is 0.465 e. The summed E-state index contributed by atoms with van der Waals surface area (Å²) in [7, 11) is 0. The van der Waals surface area contributed by atoms with E-state index < -0.39 is 6.09 Å². The minimum atomic E-state index is -0.879. The second kappa shape index (κ2) is 8.45. The molecule has 2 N–H and O–H groups in total. The van der Waals surface area contributed by atoms with Gasteiger partial charge < -0.3 is 20.2 Å². The minimum Gasteiger partial charge on any atom is -0.465 e. The zero-order valence-electron chi connectivity index (χ0n) is 17.6. The number of rotatable bonds is 4. The molecule has 4 heterocycles. The predicted octanol–water partition coefficient (Wildman–Crippen LogP) is 2.85. The molecule has 0 unspecified atom stereocenters. The molecule has 2 fully saturated rings. The van der Waals surface area contributed by atoms with E-state index in [0.717, 1.165) is 36.8 Å². The molecule has 32 heavy (non-hydrogen) atoms. The molecule has 0 atom stereocenters. The zero-order valence-corrected chi connectivity index (χ0v) is 17.6. The van der Waals surface area contributed by atoms with Gasteiger partial charge in [0, 0.05) is 49.9 Å². The number of aromatic nitrogens is 4. The van der Waals surface area contributed by atoms with Gasteiger partial charge in [-0.2, -0.15) is 4.98 Å². The summed E-state index contributed by atoms with van der Waals surface area (Å²) in [6.45, 7) is 2.21. The molecule has 3 aromatic heterocycles. The number of amides is 1. The molecule has 0 bridgehead atoms. The molecule has 3 aromatic rings. The van der Waals surface area contributed by atoms with Crippen LogP contribution in [0.5, 0.6) is 0 Å². The van der Waals surface area contributed by atoms with Gasteiger partial charge in [-0.05, 0) is 31.0 Å². The van der Waals surface area contributed by atoms with E-state index in [0.29, 0.717) is 43.6 Å². The Hall–Kier alpha value is -3.69. The van der Waals surface area contributed by atoms with Crippen molar-refractivity contribution in [1.29, 1.82) is 0 Å². The van der Waals surface area contributed by atoms with E-state index >= 15 is 0 Å². The van der Waals surface area contributed by atoms with Crippen LogP contribution in [0.15, 0.2) is 41.5 Å². The lowest BCUT2D eigenvalue weighted by atomic mass is 10.2. The van der Waals surface area contributed by atoms with Crippen LogP contribution in [0.25, 0.3) is 11.0 Å². The van der Waals surface area contributed by atoms with Crippen LogP contribution in [0.3, 0.4) is 0 Å². The average Bonchev–Trinajstić information content (AvgIpc) is 3.34. The van der Waals surface area contributed by atoms with E-state index in [4.69, 9.17) is 5.11 Å². The molecule has 1 saturated carbocycles. The lowest BCUT2D eigenvalue weighted by molar-refractivity contribution is 0.142. The van der Waals surface area contributed by atoms with Gasteiger partial charge in [0.15, 0.2) is 0 Å². The van der Waals surface area contributed by atoms with Crippen molar-refractivity contribution in [3.63, 3.8) is 0 Å². The first-order valence-corrected chi connectivity index (χ1v) is 10.9. The number of fused-ring (bicyclic) bond motifs is 1. The number of pyridine rings is 2. The third-order valence-electron chi connectivity index (χ3n) is 6.26. The van der Waals surface area contributed by atoms with Crippen LogP contribution < -0.4 is 15.8 Å². The fourth-order valence-electron chi connectivity index (χ4n) is 4.53. The molecule has 10 heteroatoms. The second-order valence-electron chi connectivity index (χ2n) is 8.24. The molecule has 166 valence electrons. The molecular formula is C22H25N7O3. The molecule has 0 spiro atoms. The van der Waals surface area contributed by atoms with E-state index in [1.54, 1.807) is 24.5 Å². The van der Waals surface area contributed by atoms with Gasteiger partial charge in [-0.15, -0.1) is 0 Å². The maximum Gasteiger partial charge on any atom is 0.407 e. The van der Waals surface area contributed by atoms with Crippen molar-refractivity contribution in [2.75, 3.05) is 36.4 Å². The Morgan fingerprint density at radius 1 is 1.00 bits per heavy atom. The highest BCUT2D eigenvalue weighted by Gasteiger charge is 2.22. The Kier molecular flexibility index (Phi) is 5.34. The number of carbonyl (C=O) groups is 1. The van der Waals surface area contributed by atoms with E-state index in [2.05, 4.69) is 25.2 Å². The maximum atomic E-state index is 12.6.